The molecule has 0 radical (unpaired) electrons. The van der Waals surface area contributed by atoms with Crippen LogP contribution in [0, 0.1) is 5.92 Å². The van der Waals surface area contributed by atoms with Crippen LogP contribution in [0.25, 0.3) is 27.9 Å². The Hall–Kier alpha value is -2.63. The molecule has 150 valence electrons. The topological polar surface area (TPSA) is 52.2 Å². The molecular formula is C22H22Cl2N4O. The molecular weight excluding hydrogens is 407 g/mol. The number of hydrogen-bond donors (Lipinski definition) is 0. The lowest BCUT2D eigenvalue weighted by Gasteiger charge is -2.12. The molecule has 0 aliphatic heterocycles. The molecule has 3 heterocycles. The molecule has 0 aliphatic rings. The highest BCUT2D eigenvalue weighted by Gasteiger charge is 2.19. The van der Waals surface area contributed by atoms with Crippen molar-refractivity contribution in [3.63, 3.8) is 0 Å². The summed E-state index contributed by atoms with van der Waals surface area (Å²) in [5.41, 5.74) is 3.86. The first-order valence-electron chi connectivity index (χ1n) is 8.93. The van der Waals surface area contributed by atoms with E-state index in [-0.39, 0.29) is 13.1 Å². The smallest absolute Gasteiger partial charge is 0.263 e. The third-order valence-electron chi connectivity index (χ3n) is 4.49. The summed E-state index contributed by atoms with van der Waals surface area (Å²) in [4.78, 5) is 16.9. The minimum Gasteiger partial charge on any atom is -0.263 e. The van der Waals surface area contributed by atoms with Gasteiger partial charge in [0.1, 0.15) is 0 Å². The molecule has 0 saturated carbocycles. The molecule has 0 atom stereocenters. The van der Waals surface area contributed by atoms with Crippen LogP contribution >= 0.6 is 23.2 Å². The number of fused-ring (bicyclic) bond motifs is 1. The Labute approximate surface area is 179 Å². The van der Waals surface area contributed by atoms with E-state index in [1.165, 1.54) is 4.68 Å². The molecule has 0 N–H and O–H groups in total. The first-order valence-corrected chi connectivity index (χ1v) is 9.69. The normalized spacial score (nSPS) is 11.1. The number of aromatic nitrogens is 4. The van der Waals surface area contributed by atoms with Crippen LogP contribution < -0.4 is 5.69 Å². The van der Waals surface area contributed by atoms with Crippen LogP contribution in [0.5, 0.6) is 0 Å². The molecule has 0 aliphatic carbocycles. The summed E-state index contributed by atoms with van der Waals surface area (Å²) in [7, 11) is 0. The van der Waals surface area contributed by atoms with E-state index in [1.54, 1.807) is 23.0 Å². The Balaban J connectivity index is 0.00000240. The van der Waals surface area contributed by atoms with Crippen molar-refractivity contribution >= 4 is 28.8 Å². The zero-order valence-corrected chi connectivity index (χ0v) is 16.9. The van der Waals surface area contributed by atoms with Crippen LogP contribution in [-0.2, 0) is 6.54 Å². The van der Waals surface area contributed by atoms with E-state index in [0.717, 1.165) is 22.3 Å². The Kier molecular flexibility index (Phi) is 6.10. The van der Waals surface area contributed by atoms with E-state index in [1.807, 2.05) is 36.4 Å². The Bertz CT molecular complexity index is 1210. The molecule has 0 amide bonds. The highest BCUT2D eigenvalue weighted by molar-refractivity contribution is 6.33. The maximum atomic E-state index is 12.8. The average Bonchev–Trinajstić information content (AvgIpc) is 2.97. The third-order valence-corrected chi connectivity index (χ3v) is 5.04. The van der Waals surface area contributed by atoms with Gasteiger partial charge in [-0.3, -0.25) is 4.98 Å². The van der Waals surface area contributed by atoms with Gasteiger partial charge in [-0.05, 0) is 41.3 Å². The van der Waals surface area contributed by atoms with Gasteiger partial charge in [0.25, 0.3) is 0 Å². The van der Waals surface area contributed by atoms with Crippen molar-refractivity contribution < 1.29 is 0 Å². The molecule has 0 spiro atoms. The van der Waals surface area contributed by atoms with Gasteiger partial charge in [-0.2, -0.15) is 0 Å². The second-order valence-corrected chi connectivity index (χ2v) is 7.86. The minimum absolute atomic E-state index is 0. The number of hydrogen-bond acceptors (Lipinski definition) is 3. The van der Waals surface area contributed by atoms with Crippen LogP contribution in [-0.4, -0.2) is 19.2 Å². The van der Waals surface area contributed by atoms with Gasteiger partial charge >= 0.3 is 5.69 Å². The van der Waals surface area contributed by atoms with Crippen molar-refractivity contribution in [1.29, 1.82) is 0 Å². The van der Waals surface area contributed by atoms with Gasteiger partial charge in [-0.1, -0.05) is 56.6 Å². The van der Waals surface area contributed by atoms with Crippen LogP contribution in [0.1, 0.15) is 21.3 Å². The van der Waals surface area contributed by atoms with Gasteiger partial charge in [0.2, 0.25) is 0 Å². The Morgan fingerprint density at radius 2 is 1.76 bits per heavy atom. The Morgan fingerprint density at radius 3 is 2.41 bits per heavy atom. The molecule has 0 saturated heterocycles. The highest BCUT2D eigenvalue weighted by atomic mass is 35.5. The van der Waals surface area contributed by atoms with Crippen molar-refractivity contribution in [2.75, 3.05) is 0 Å². The van der Waals surface area contributed by atoms with E-state index >= 15 is 0 Å². The molecule has 1 aromatic carbocycles. The summed E-state index contributed by atoms with van der Waals surface area (Å²) >= 11 is 12.5. The number of rotatable bonds is 4. The molecule has 7 heteroatoms. The van der Waals surface area contributed by atoms with Gasteiger partial charge in [-0.15, -0.1) is 5.10 Å². The monoisotopic (exact) mass is 428 g/mol. The van der Waals surface area contributed by atoms with E-state index in [9.17, 15) is 4.79 Å². The summed E-state index contributed by atoms with van der Waals surface area (Å²) in [5.74, 6) is 0.302. The number of halogens is 2. The maximum Gasteiger partial charge on any atom is 0.350 e. The molecule has 29 heavy (non-hydrogen) atoms. The largest absolute Gasteiger partial charge is 0.350 e. The first-order chi connectivity index (χ1) is 13.5. The van der Waals surface area contributed by atoms with Crippen molar-refractivity contribution in [3.05, 3.63) is 75.5 Å². The number of nitrogens with zero attached hydrogens (tertiary/aromatic N) is 4. The lowest BCUT2D eigenvalue weighted by atomic mass is 9.96. The number of pyridine rings is 2. The van der Waals surface area contributed by atoms with E-state index in [0.29, 0.717) is 28.2 Å². The van der Waals surface area contributed by atoms with Gasteiger partial charge in [-0.25, -0.2) is 13.9 Å². The second-order valence-electron chi connectivity index (χ2n) is 7.02. The molecule has 5 nitrogen and oxygen atoms in total. The standard InChI is InChI=1S/C21H18Cl2N4O.CH4/c1-13(2)12-27-21(28)26-10-8-17(16-7-9-24-11-18(16)23)19(20(26)25-27)14-3-5-15(22)6-4-14;/h3-11,13H,12H2,1-2H3;1H4. The summed E-state index contributed by atoms with van der Waals surface area (Å²) < 4.78 is 3.09. The van der Waals surface area contributed by atoms with Crippen molar-refractivity contribution in [3.8, 4) is 22.3 Å². The van der Waals surface area contributed by atoms with Gasteiger partial charge in [0.05, 0.1) is 5.02 Å². The third kappa shape index (κ3) is 3.93. The molecule has 0 bridgehead atoms. The predicted octanol–water partition coefficient (Wildman–Crippen LogP) is 5.82. The number of benzene rings is 1. The average molecular weight is 429 g/mol. The summed E-state index contributed by atoms with van der Waals surface area (Å²) in [6.07, 6.45) is 5.05. The lowest BCUT2D eigenvalue weighted by molar-refractivity contribution is 0.471. The first kappa shape index (κ1) is 21.1. The van der Waals surface area contributed by atoms with Crippen molar-refractivity contribution in [2.24, 2.45) is 5.92 Å². The van der Waals surface area contributed by atoms with Crippen LogP contribution in [0.3, 0.4) is 0 Å². The summed E-state index contributed by atoms with van der Waals surface area (Å²) in [5, 5.41) is 5.82. The fourth-order valence-electron chi connectivity index (χ4n) is 3.26. The zero-order valence-electron chi connectivity index (χ0n) is 15.4. The zero-order chi connectivity index (χ0) is 19.8. The quantitative estimate of drug-likeness (QED) is 0.411. The van der Waals surface area contributed by atoms with Crippen LogP contribution in [0.2, 0.25) is 10.0 Å². The Morgan fingerprint density at radius 1 is 1.03 bits per heavy atom. The molecule has 3 aromatic heterocycles. The van der Waals surface area contributed by atoms with Gasteiger partial charge in [0.15, 0.2) is 5.65 Å². The van der Waals surface area contributed by atoms with Gasteiger partial charge in [0, 0.05) is 41.3 Å². The van der Waals surface area contributed by atoms with Gasteiger partial charge < -0.3 is 0 Å². The predicted molar refractivity (Wildman–Crippen MR) is 120 cm³/mol. The van der Waals surface area contributed by atoms with Crippen molar-refractivity contribution in [2.45, 2.75) is 27.8 Å². The fraction of sp³-hybridized carbons (Fsp3) is 0.227. The fourth-order valence-corrected chi connectivity index (χ4v) is 3.61. The molecule has 0 unspecified atom stereocenters. The van der Waals surface area contributed by atoms with Crippen LogP contribution in [0.15, 0.2) is 59.8 Å². The SMILES string of the molecule is C.CC(C)Cn1nc2c(-c3ccc(Cl)cc3)c(-c3ccncc3Cl)ccn2c1=O. The van der Waals surface area contributed by atoms with E-state index in [4.69, 9.17) is 23.2 Å². The highest BCUT2D eigenvalue weighted by Crippen LogP contribution is 2.37. The minimum atomic E-state index is -0.161. The summed E-state index contributed by atoms with van der Waals surface area (Å²) in [6.45, 7) is 4.66. The van der Waals surface area contributed by atoms with Crippen LogP contribution in [0.4, 0.5) is 0 Å². The molecule has 4 aromatic rings. The molecule has 0 fully saturated rings. The lowest BCUT2D eigenvalue weighted by Crippen LogP contribution is -2.23. The summed E-state index contributed by atoms with van der Waals surface area (Å²) in [6, 6.07) is 11.2. The second kappa shape index (κ2) is 8.39. The molecule has 4 rings (SSSR count). The maximum absolute atomic E-state index is 12.8. The van der Waals surface area contributed by atoms with Crippen molar-refractivity contribution in [1.82, 2.24) is 19.2 Å². The van der Waals surface area contributed by atoms with E-state index < -0.39 is 0 Å². The van der Waals surface area contributed by atoms with E-state index in [2.05, 4.69) is 23.9 Å².